The number of aromatic nitrogens is 1. The fourth-order valence-electron chi connectivity index (χ4n) is 0.989. The molecule has 1 aromatic heterocycles. The maximum Gasteiger partial charge on any atom is 0.217 e. The largest absolute Gasteiger partial charge is 0.496 e. The molecule has 1 heterocycles. The second-order valence-electron chi connectivity index (χ2n) is 2.45. The third-order valence-electron chi connectivity index (χ3n) is 1.74. The highest BCUT2D eigenvalue weighted by molar-refractivity contribution is 5.44. The Balaban J connectivity index is 3.31. The van der Waals surface area contributed by atoms with Gasteiger partial charge in [0, 0.05) is 11.6 Å². The van der Waals surface area contributed by atoms with Crippen LogP contribution in [-0.4, -0.2) is 19.2 Å². The van der Waals surface area contributed by atoms with Gasteiger partial charge in [-0.15, -0.1) is 0 Å². The summed E-state index contributed by atoms with van der Waals surface area (Å²) >= 11 is 0. The number of nitriles is 1. The Labute approximate surface area is 76.7 Å². The molecule has 0 bridgehead atoms. The molecule has 68 valence electrons. The van der Waals surface area contributed by atoms with E-state index in [4.69, 9.17) is 14.7 Å². The van der Waals surface area contributed by atoms with Crippen molar-refractivity contribution < 1.29 is 9.47 Å². The van der Waals surface area contributed by atoms with Gasteiger partial charge >= 0.3 is 0 Å². The molecule has 0 amide bonds. The fourth-order valence-corrected chi connectivity index (χ4v) is 0.989. The summed E-state index contributed by atoms with van der Waals surface area (Å²) in [6, 6.07) is 3.62. The zero-order valence-electron chi connectivity index (χ0n) is 7.79. The Hall–Kier alpha value is -1.76. The lowest BCUT2D eigenvalue weighted by molar-refractivity contribution is 0.380. The van der Waals surface area contributed by atoms with E-state index in [0.717, 1.165) is 5.56 Å². The van der Waals surface area contributed by atoms with Crippen LogP contribution >= 0.6 is 0 Å². The second-order valence-corrected chi connectivity index (χ2v) is 2.45. The van der Waals surface area contributed by atoms with Gasteiger partial charge in [-0.3, -0.25) is 0 Å². The van der Waals surface area contributed by atoms with Crippen LogP contribution in [0.3, 0.4) is 0 Å². The summed E-state index contributed by atoms with van der Waals surface area (Å²) in [7, 11) is 3.04. The van der Waals surface area contributed by atoms with E-state index in [1.807, 2.05) is 6.07 Å². The van der Waals surface area contributed by atoms with E-state index >= 15 is 0 Å². The molecule has 0 N–H and O–H groups in total. The van der Waals surface area contributed by atoms with Crippen LogP contribution in [0.4, 0.5) is 0 Å². The number of ether oxygens (including phenoxy) is 2. The molecule has 0 unspecified atom stereocenters. The van der Waals surface area contributed by atoms with Crippen molar-refractivity contribution in [3.63, 3.8) is 0 Å². The third kappa shape index (κ3) is 1.70. The molecule has 0 aromatic carbocycles. The van der Waals surface area contributed by atoms with Gasteiger partial charge in [0.25, 0.3) is 0 Å². The van der Waals surface area contributed by atoms with E-state index in [0.29, 0.717) is 17.3 Å². The Morgan fingerprint density at radius 3 is 2.54 bits per heavy atom. The van der Waals surface area contributed by atoms with E-state index in [-0.39, 0.29) is 0 Å². The number of hydrogen-bond acceptors (Lipinski definition) is 4. The first-order chi connectivity index (χ1) is 6.22. The molecule has 0 aliphatic rings. The Kier molecular flexibility index (Phi) is 2.70. The highest BCUT2D eigenvalue weighted by Crippen LogP contribution is 2.23. The molecule has 0 fully saturated rings. The van der Waals surface area contributed by atoms with Gasteiger partial charge in [-0.25, -0.2) is 4.98 Å². The number of methoxy groups -OCH3 is 2. The van der Waals surface area contributed by atoms with Gasteiger partial charge in [0.15, 0.2) is 5.69 Å². The maximum absolute atomic E-state index is 8.73. The van der Waals surface area contributed by atoms with Crippen LogP contribution in [-0.2, 0) is 0 Å². The van der Waals surface area contributed by atoms with Crippen molar-refractivity contribution in [1.82, 2.24) is 4.98 Å². The van der Waals surface area contributed by atoms with Crippen molar-refractivity contribution in [1.29, 1.82) is 5.26 Å². The first-order valence-corrected chi connectivity index (χ1v) is 3.72. The molecule has 13 heavy (non-hydrogen) atoms. The molecular weight excluding hydrogens is 168 g/mol. The fraction of sp³-hybridized carbons (Fsp3) is 0.333. The highest BCUT2D eigenvalue weighted by atomic mass is 16.5. The summed E-state index contributed by atoms with van der Waals surface area (Å²) in [5.41, 5.74) is 1.06. The number of hydrogen-bond donors (Lipinski definition) is 0. The summed E-state index contributed by atoms with van der Waals surface area (Å²) in [5, 5.41) is 8.73. The predicted octanol–water partition coefficient (Wildman–Crippen LogP) is 1.28. The predicted molar refractivity (Wildman–Crippen MR) is 46.8 cm³/mol. The Bertz CT molecular complexity index is 355. The van der Waals surface area contributed by atoms with E-state index in [1.165, 1.54) is 7.11 Å². The summed E-state index contributed by atoms with van der Waals surface area (Å²) in [4.78, 5) is 3.95. The molecule has 0 spiro atoms. The minimum absolute atomic E-state index is 0.330. The van der Waals surface area contributed by atoms with Crippen LogP contribution in [0.1, 0.15) is 11.3 Å². The minimum Gasteiger partial charge on any atom is -0.496 e. The normalized spacial score (nSPS) is 9.08. The van der Waals surface area contributed by atoms with E-state index in [9.17, 15) is 0 Å². The highest BCUT2D eigenvalue weighted by Gasteiger charge is 2.08. The standard InChI is InChI=1S/C9H10N2O2/c1-6-7(5-10)11-9(13-3)4-8(6)12-2/h4H,1-3H3. The monoisotopic (exact) mass is 178 g/mol. The molecule has 0 atom stereocenters. The van der Waals surface area contributed by atoms with Crippen molar-refractivity contribution in [3.8, 4) is 17.7 Å². The van der Waals surface area contributed by atoms with Gasteiger partial charge in [-0.1, -0.05) is 0 Å². The van der Waals surface area contributed by atoms with Crippen molar-refractivity contribution in [2.24, 2.45) is 0 Å². The average Bonchev–Trinajstić information content (AvgIpc) is 2.18. The van der Waals surface area contributed by atoms with E-state index in [2.05, 4.69) is 4.98 Å². The summed E-state index contributed by atoms with van der Waals surface area (Å²) in [5.74, 6) is 1.00. The van der Waals surface area contributed by atoms with Crippen LogP contribution in [0.5, 0.6) is 11.6 Å². The van der Waals surface area contributed by atoms with Crippen molar-refractivity contribution in [2.45, 2.75) is 6.92 Å². The molecule has 0 saturated carbocycles. The second kappa shape index (κ2) is 3.76. The SMILES string of the molecule is COc1cc(OC)c(C)c(C#N)n1. The molecule has 1 rings (SSSR count). The van der Waals surface area contributed by atoms with Crippen molar-refractivity contribution in [2.75, 3.05) is 14.2 Å². The Morgan fingerprint density at radius 1 is 1.38 bits per heavy atom. The lowest BCUT2D eigenvalue weighted by atomic mass is 10.2. The molecule has 0 radical (unpaired) electrons. The molecule has 0 saturated heterocycles. The van der Waals surface area contributed by atoms with Gasteiger partial charge in [-0.2, -0.15) is 5.26 Å². The first-order valence-electron chi connectivity index (χ1n) is 3.72. The zero-order valence-corrected chi connectivity index (χ0v) is 7.79. The first kappa shape index (κ1) is 9.33. The molecular formula is C9H10N2O2. The quantitative estimate of drug-likeness (QED) is 0.684. The number of nitrogens with zero attached hydrogens (tertiary/aromatic N) is 2. The molecule has 0 aliphatic heterocycles. The van der Waals surface area contributed by atoms with E-state index in [1.54, 1.807) is 20.1 Å². The maximum atomic E-state index is 8.73. The zero-order chi connectivity index (χ0) is 9.84. The number of rotatable bonds is 2. The van der Waals surface area contributed by atoms with Crippen molar-refractivity contribution in [3.05, 3.63) is 17.3 Å². The van der Waals surface area contributed by atoms with E-state index < -0.39 is 0 Å². The molecule has 1 aromatic rings. The summed E-state index contributed by atoms with van der Waals surface area (Å²) in [6.45, 7) is 1.78. The van der Waals surface area contributed by atoms with Gasteiger partial charge in [0.05, 0.1) is 14.2 Å². The van der Waals surface area contributed by atoms with Crippen LogP contribution in [0.2, 0.25) is 0 Å². The van der Waals surface area contributed by atoms with Crippen LogP contribution in [0, 0.1) is 18.3 Å². The van der Waals surface area contributed by atoms with Gasteiger partial charge in [-0.05, 0) is 6.92 Å². The smallest absolute Gasteiger partial charge is 0.217 e. The molecule has 0 aliphatic carbocycles. The van der Waals surface area contributed by atoms with Gasteiger partial charge < -0.3 is 9.47 Å². The minimum atomic E-state index is 0.330. The third-order valence-corrected chi connectivity index (χ3v) is 1.74. The van der Waals surface area contributed by atoms with Gasteiger partial charge in [0.2, 0.25) is 5.88 Å². The van der Waals surface area contributed by atoms with Crippen LogP contribution in [0.15, 0.2) is 6.07 Å². The lowest BCUT2D eigenvalue weighted by Crippen LogP contribution is -1.97. The molecule has 4 nitrogen and oxygen atoms in total. The summed E-state index contributed by atoms with van der Waals surface area (Å²) < 4.78 is 9.97. The molecule has 4 heteroatoms. The van der Waals surface area contributed by atoms with Gasteiger partial charge in [0.1, 0.15) is 11.8 Å². The van der Waals surface area contributed by atoms with Crippen LogP contribution < -0.4 is 9.47 Å². The average molecular weight is 178 g/mol. The van der Waals surface area contributed by atoms with Crippen molar-refractivity contribution >= 4 is 0 Å². The lowest BCUT2D eigenvalue weighted by Gasteiger charge is -2.07. The topological polar surface area (TPSA) is 55.1 Å². The summed E-state index contributed by atoms with van der Waals surface area (Å²) in [6.07, 6.45) is 0. The number of pyridine rings is 1. The Morgan fingerprint density at radius 2 is 2.08 bits per heavy atom. The van der Waals surface area contributed by atoms with Crippen LogP contribution in [0.25, 0.3) is 0 Å².